The number of benzene rings is 1. The summed E-state index contributed by atoms with van der Waals surface area (Å²) in [5, 5.41) is 10.6. The van der Waals surface area contributed by atoms with Crippen LogP contribution >= 0.6 is 0 Å². The number of rotatable bonds is 4. The van der Waals surface area contributed by atoms with Gasteiger partial charge in [0.2, 0.25) is 0 Å². The van der Waals surface area contributed by atoms with Crippen molar-refractivity contribution in [1.82, 2.24) is 19.8 Å². The molecule has 0 saturated carbocycles. The monoisotopic (exact) mass is 372 g/mol. The van der Waals surface area contributed by atoms with Crippen molar-refractivity contribution in [2.75, 3.05) is 0 Å². The second-order valence-corrected chi connectivity index (χ2v) is 7.30. The molecule has 0 spiro atoms. The van der Waals surface area contributed by atoms with Crippen LogP contribution in [0.25, 0.3) is 0 Å². The lowest BCUT2D eigenvalue weighted by Gasteiger charge is -2.21. The highest BCUT2D eigenvalue weighted by molar-refractivity contribution is 5.97. The van der Waals surface area contributed by atoms with Crippen molar-refractivity contribution in [3.63, 3.8) is 0 Å². The molecule has 3 aromatic rings. The van der Waals surface area contributed by atoms with Crippen LogP contribution < -0.4 is 0 Å². The molecular weight excluding hydrogens is 352 g/mol. The lowest BCUT2D eigenvalue weighted by Crippen LogP contribution is -2.24. The first-order valence-corrected chi connectivity index (χ1v) is 9.36. The highest BCUT2D eigenvalue weighted by Crippen LogP contribution is 2.31. The number of carbonyl (C=O) groups is 1. The van der Waals surface area contributed by atoms with Gasteiger partial charge in [0.1, 0.15) is 6.23 Å². The van der Waals surface area contributed by atoms with E-state index in [1.54, 1.807) is 18.5 Å². The number of pyridine rings is 2. The molecular formula is C22H20N4O2. The number of carbonyl (C=O) groups excluding carboxylic acids is 1. The van der Waals surface area contributed by atoms with Gasteiger partial charge in [-0.1, -0.05) is 30.3 Å². The summed E-state index contributed by atoms with van der Waals surface area (Å²) in [6.45, 7) is 2.35. The number of aliphatic hydroxyl groups excluding tert-OH is 1. The highest BCUT2D eigenvalue weighted by Gasteiger charge is 2.30. The van der Waals surface area contributed by atoms with Gasteiger partial charge in [0.25, 0.3) is 5.91 Å². The van der Waals surface area contributed by atoms with Crippen molar-refractivity contribution in [2.24, 2.45) is 0 Å². The molecule has 0 radical (unpaired) electrons. The van der Waals surface area contributed by atoms with Gasteiger partial charge in [-0.05, 0) is 29.3 Å². The lowest BCUT2D eigenvalue weighted by molar-refractivity contribution is 0.00755. The largest absolute Gasteiger partial charge is 0.374 e. The summed E-state index contributed by atoms with van der Waals surface area (Å²) in [7, 11) is 0. The third-order valence-corrected chi connectivity index (χ3v) is 5.40. The lowest BCUT2D eigenvalue weighted by atomic mass is 10.1. The molecule has 0 saturated heterocycles. The van der Waals surface area contributed by atoms with Crippen LogP contribution in [0.15, 0.2) is 60.9 Å². The van der Waals surface area contributed by atoms with E-state index in [0.29, 0.717) is 31.7 Å². The van der Waals surface area contributed by atoms with Crippen LogP contribution in [0.1, 0.15) is 44.7 Å². The molecule has 6 heteroatoms. The molecule has 5 rings (SSSR count). The first-order chi connectivity index (χ1) is 13.7. The van der Waals surface area contributed by atoms with E-state index in [1.807, 2.05) is 40.1 Å². The molecule has 0 fully saturated rings. The van der Waals surface area contributed by atoms with Crippen molar-refractivity contribution in [2.45, 2.75) is 32.4 Å². The number of fused-ring (bicyclic) bond motifs is 2. The van der Waals surface area contributed by atoms with Gasteiger partial charge in [0, 0.05) is 37.6 Å². The van der Waals surface area contributed by atoms with E-state index in [4.69, 9.17) is 0 Å². The van der Waals surface area contributed by atoms with Crippen molar-refractivity contribution >= 4 is 5.91 Å². The number of nitrogens with zero attached hydrogens (tertiary/aromatic N) is 4. The Bertz CT molecular complexity index is 1050. The Kier molecular flexibility index (Phi) is 4.15. The van der Waals surface area contributed by atoms with Crippen LogP contribution in [-0.4, -0.2) is 30.8 Å². The third kappa shape index (κ3) is 2.96. The Morgan fingerprint density at radius 1 is 0.929 bits per heavy atom. The number of hydrogen-bond acceptors (Lipinski definition) is 5. The maximum Gasteiger partial charge on any atom is 0.256 e. The minimum atomic E-state index is -0.631. The minimum absolute atomic E-state index is 0.0324. The van der Waals surface area contributed by atoms with Gasteiger partial charge in [-0.25, -0.2) is 0 Å². The van der Waals surface area contributed by atoms with Crippen molar-refractivity contribution < 1.29 is 9.90 Å². The topological polar surface area (TPSA) is 69.6 Å². The predicted octanol–water partition coefficient (Wildman–Crippen LogP) is 2.64. The molecule has 140 valence electrons. The number of aliphatic hydroxyl groups is 1. The number of aromatic nitrogens is 2. The zero-order chi connectivity index (χ0) is 19.1. The van der Waals surface area contributed by atoms with Gasteiger partial charge in [0.15, 0.2) is 0 Å². The van der Waals surface area contributed by atoms with Crippen LogP contribution in [0, 0.1) is 0 Å². The molecule has 4 heterocycles. The van der Waals surface area contributed by atoms with E-state index in [0.717, 1.165) is 28.1 Å². The predicted molar refractivity (Wildman–Crippen MR) is 103 cm³/mol. The van der Waals surface area contributed by atoms with E-state index in [2.05, 4.69) is 22.1 Å². The molecule has 28 heavy (non-hydrogen) atoms. The Morgan fingerprint density at radius 2 is 1.68 bits per heavy atom. The van der Waals surface area contributed by atoms with Gasteiger partial charge in [-0.3, -0.25) is 19.7 Å². The molecule has 2 aliphatic rings. The summed E-state index contributed by atoms with van der Waals surface area (Å²) in [5.41, 5.74) is 5.53. The average Bonchev–Trinajstić information content (AvgIpc) is 3.20. The zero-order valence-electron chi connectivity index (χ0n) is 15.3. The van der Waals surface area contributed by atoms with Crippen LogP contribution in [0.3, 0.4) is 0 Å². The molecule has 1 aromatic carbocycles. The maximum atomic E-state index is 12.6. The second-order valence-electron chi connectivity index (χ2n) is 7.30. The summed E-state index contributed by atoms with van der Waals surface area (Å²) in [4.78, 5) is 25.1. The fourth-order valence-electron chi connectivity index (χ4n) is 4.03. The Balaban J connectivity index is 1.30. The summed E-state index contributed by atoms with van der Waals surface area (Å²) in [5.74, 6) is 0.0324. The normalized spacial score (nSPS) is 18.4. The van der Waals surface area contributed by atoms with Gasteiger partial charge < -0.3 is 10.0 Å². The number of amides is 1. The van der Waals surface area contributed by atoms with E-state index in [1.165, 1.54) is 0 Å². The Morgan fingerprint density at radius 3 is 2.46 bits per heavy atom. The molecule has 1 unspecified atom stereocenters. The van der Waals surface area contributed by atoms with Gasteiger partial charge in [-0.2, -0.15) is 0 Å². The summed E-state index contributed by atoms with van der Waals surface area (Å²) < 4.78 is 0. The summed E-state index contributed by atoms with van der Waals surface area (Å²) in [6.07, 6.45) is 2.85. The van der Waals surface area contributed by atoms with Crippen molar-refractivity contribution in [3.05, 3.63) is 94.6 Å². The smallest absolute Gasteiger partial charge is 0.256 e. The standard InChI is InChI=1S/C22H20N4O2/c27-21-17-6-2-8-23-19(17)13-25(21)11-15-4-1-5-16(10-15)12-26-14-20-18(22(26)28)7-3-9-24-20/h1-10,21,27H,11-14H2. The maximum absolute atomic E-state index is 12.6. The SMILES string of the molecule is O=C1c2cccnc2CN1Cc1cccc(CN2Cc3ncccc3C2O)c1. The Labute approximate surface area is 163 Å². The van der Waals surface area contributed by atoms with E-state index >= 15 is 0 Å². The average molecular weight is 372 g/mol. The minimum Gasteiger partial charge on any atom is -0.374 e. The fraction of sp³-hybridized carbons (Fsp3) is 0.227. The highest BCUT2D eigenvalue weighted by atomic mass is 16.3. The van der Waals surface area contributed by atoms with E-state index in [9.17, 15) is 9.90 Å². The molecule has 1 amide bonds. The molecule has 0 aliphatic carbocycles. The van der Waals surface area contributed by atoms with Crippen molar-refractivity contribution in [3.8, 4) is 0 Å². The van der Waals surface area contributed by atoms with Crippen LogP contribution in [-0.2, 0) is 26.2 Å². The first kappa shape index (κ1) is 17.0. The molecule has 2 aromatic heterocycles. The molecule has 2 aliphatic heterocycles. The van der Waals surface area contributed by atoms with Gasteiger partial charge in [0.05, 0.1) is 23.5 Å². The molecule has 6 nitrogen and oxygen atoms in total. The van der Waals surface area contributed by atoms with Crippen LogP contribution in [0.5, 0.6) is 0 Å². The van der Waals surface area contributed by atoms with E-state index in [-0.39, 0.29) is 5.91 Å². The van der Waals surface area contributed by atoms with E-state index < -0.39 is 6.23 Å². The molecule has 1 N–H and O–H groups in total. The Hall–Kier alpha value is -3.09. The van der Waals surface area contributed by atoms with Crippen molar-refractivity contribution in [1.29, 1.82) is 0 Å². The fourth-order valence-corrected chi connectivity index (χ4v) is 4.03. The van der Waals surface area contributed by atoms with Crippen LogP contribution in [0.4, 0.5) is 0 Å². The molecule has 1 atom stereocenters. The third-order valence-electron chi connectivity index (χ3n) is 5.40. The number of hydrogen-bond donors (Lipinski definition) is 1. The van der Waals surface area contributed by atoms with Gasteiger partial charge >= 0.3 is 0 Å². The first-order valence-electron chi connectivity index (χ1n) is 9.36. The summed E-state index contributed by atoms with van der Waals surface area (Å²) in [6, 6.07) is 15.6. The van der Waals surface area contributed by atoms with Gasteiger partial charge in [-0.15, -0.1) is 0 Å². The zero-order valence-corrected chi connectivity index (χ0v) is 15.3. The second kappa shape index (κ2) is 6.82. The van der Waals surface area contributed by atoms with Crippen LogP contribution in [0.2, 0.25) is 0 Å². The molecule has 0 bridgehead atoms. The summed E-state index contributed by atoms with van der Waals surface area (Å²) >= 11 is 0. The quantitative estimate of drug-likeness (QED) is 0.762.